The van der Waals surface area contributed by atoms with Crippen molar-refractivity contribution in [3.8, 4) is 0 Å². The largest absolute Gasteiger partial charge is 0.379 e. The van der Waals surface area contributed by atoms with Crippen molar-refractivity contribution in [3.05, 3.63) is 35.4 Å². The molecule has 15 heavy (non-hydrogen) atoms. The summed E-state index contributed by atoms with van der Waals surface area (Å²) >= 11 is 0. The molecule has 0 fully saturated rings. The lowest BCUT2D eigenvalue weighted by molar-refractivity contribution is 0.116. The van der Waals surface area contributed by atoms with E-state index < -0.39 is 0 Å². The Morgan fingerprint density at radius 1 is 1.40 bits per heavy atom. The molecular weight excluding hydrogens is 186 g/mol. The zero-order valence-electron chi connectivity index (χ0n) is 9.33. The Balaban J connectivity index is 1.67. The molecule has 0 amide bonds. The highest BCUT2D eigenvalue weighted by Gasteiger charge is 2.24. The predicted octanol–water partition coefficient (Wildman–Crippen LogP) is 1.95. The lowest BCUT2D eigenvalue weighted by Gasteiger charge is -2.29. The highest BCUT2D eigenvalue weighted by molar-refractivity contribution is 5.39. The summed E-state index contributed by atoms with van der Waals surface area (Å²) in [6, 6.07) is 8.66. The van der Waals surface area contributed by atoms with E-state index in [1.165, 1.54) is 17.5 Å². The average Bonchev–Trinajstić information content (AvgIpc) is 2.24. The zero-order valence-corrected chi connectivity index (χ0v) is 9.33. The van der Waals surface area contributed by atoms with Crippen LogP contribution in [-0.2, 0) is 11.2 Å². The van der Waals surface area contributed by atoms with Crippen LogP contribution in [0, 0.1) is 0 Å². The van der Waals surface area contributed by atoms with Gasteiger partial charge in [0.1, 0.15) is 0 Å². The van der Waals surface area contributed by atoms with Gasteiger partial charge in [-0.05, 0) is 24.1 Å². The zero-order chi connectivity index (χ0) is 10.5. The summed E-state index contributed by atoms with van der Waals surface area (Å²) in [4.78, 5) is 0. The van der Waals surface area contributed by atoms with E-state index >= 15 is 0 Å². The van der Waals surface area contributed by atoms with Gasteiger partial charge in [-0.1, -0.05) is 31.2 Å². The third-order valence-corrected chi connectivity index (χ3v) is 2.95. The van der Waals surface area contributed by atoms with Gasteiger partial charge in [0.25, 0.3) is 0 Å². The fourth-order valence-corrected chi connectivity index (χ4v) is 2.06. The average molecular weight is 205 g/mol. The monoisotopic (exact) mass is 205 g/mol. The molecule has 1 unspecified atom stereocenters. The lowest BCUT2D eigenvalue weighted by Crippen LogP contribution is -2.24. The van der Waals surface area contributed by atoms with Crippen LogP contribution in [0.3, 0.4) is 0 Å². The van der Waals surface area contributed by atoms with E-state index in [0.29, 0.717) is 5.92 Å². The van der Waals surface area contributed by atoms with Crippen molar-refractivity contribution >= 4 is 0 Å². The van der Waals surface area contributed by atoms with E-state index in [4.69, 9.17) is 4.74 Å². The van der Waals surface area contributed by atoms with Crippen molar-refractivity contribution in [1.82, 2.24) is 5.32 Å². The highest BCUT2D eigenvalue weighted by Crippen LogP contribution is 2.34. The van der Waals surface area contributed by atoms with Crippen molar-refractivity contribution in [1.29, 1.82) is 0 Å². The number of nitrogens with one attached hydrogen (secondary N) is 1. The summed E-state index contributed by atoms with van der Waals surface area (Å²) in [5.74, 6) is 0.642. The van der Waals surface area contributed by atoms with Gasteiger partial charge in [-0.3, -0.25) is 0 Å². The summed E-state index contributed by atoms with van der Waals surface area (Å²) in [6.07, 6.45) is 1.19. The molecule has 0 spiro atoms. The summed E-state index contributed by atoms with van der Waals surface area (Å²) in [6.45, 7) is 5.80. The normalized spacial score (nSPS) is 18.3. The molecule has 0 aliphatic heterocycles. The maximum Gasteiger partial charge on any atom is 0.0591 e. The Morgan fingerprint density at radius 3 is 3.07 bits per heavy atom. The molecule has 0 saturated carbocycles. The van der Waals surface area contributed by atoms with E-state index in [9.17, 15) is 0 Å². The van der Waals surface area contributed by atoms with Crippen LogP contribution in [0.25, 0.3) is 0 Å². The van der Waals surface area contributed by atoms with Crippen LogP contribution in [0.5, 0.6) is 0 Å². The number of benzene rings is 1. The minimum atomic E-state index is 0.642. The van der Waals surface area contributed by atoms with Crippen LogP contribution >= 0.6 is 0 Å². The molecule has 0 bridgehead atoms. The fourth-order valence-electron chi connectivity index (χ4n) is 2.06. The molecule has 1 aliphatic carbocycles. The van der Waals surface area contributed by atoms with Crippen LogP contribution in [0.15, 0.2) is 24.3 Å². The molecule has 2 heteroatoms. The molecule has 1 N–H and O–H groups in total. The summed E-state index contributed by atoms with van der Waals surface area (Å²) in [5.41, 5.74) is 2.98. The smallest absolute Gasteiger partial charge is 0.0591 e. The summed E-state index contributed by atoms with van der Waals surface area (Å²) < 4.78 is 5.63. The topological polar surface area (TPSA) is 21.3 Å². The standard InChI is InChI=1S/C13H19NO/c1-2-14-7-8-15-10-12-9-11-5-3-4-6-13(11)12/h3-6,12,14H,2,7-10H2,1H3. The van der Waals surface area contributed by atoms with Gasteiger partial charge in [0.2, 0.25) is 0 Å². The SMILES string of the molecule is CCNCCOCC1Cc2ccccc21. The molecule has 2 rings (SSSR count). The quantitative estimate of drug-likeness (QED) is 0.717. The van der Waals surface area contributed by atoms with Gasteiger partial charge in [-0.2, -0.15) is 0 Å². The molecule has 0 heterocycles. The molecule has 1 aromatic carbocycles. The third kappa shape index (κ3) is 2.58. The Hall–Kier alpha value is -0.860. The Morgan fingerprint density at radius 2 is 2.27 bits per heavy atom. The molecule has 0 saturated heterocycles. The Bertz CT molecular complexity index is 311. The van der Waals surface area contributed by atoms with Gasteiger partial charge < -0.3 is 10.1 Å². The number of fused-ring (bicyclic) bond motifs is 1. The van der Waals surface area contributed by atoms with Crippen LogP contribution < -0.4 is 5.32 Å². The van der Waals surface area contributed by atoms with Crippen LogP contribution in [0.1, 0.15) is 24.0 Å². The third-order valence-electron chi connectivity index (χ3n) is 2.95. The van der Waals surface area contributed by atoms with Crippen LogP contribution in [0.4, 0.5) is 0 Å². The molecule has 2 nitrogen and oxygen atoms in total. The first kappa shape index (κ1) is 10.7. The van der Waals surface area contributed by atoms with Gasteiger partial charge >= 0.3 is 0 Å². The van der Waals surface area contributed by atoms with E-state index in [-0.39, 0.29) is 0 Å². The number of rotatable bonds is 6. The molecule has 1 atom stereocenters. The van der Waals surface area contributed by atoms with Gasteiger partial charge in [-0.15, -0.1) is 0 Å². The first-order valence-corrected chi connectivity index (χ1v) is 5.78. The second-order valence-electron chi connectivity index (χ2n) is 4.03. The van der Waals surface area contributed by atoms with Crippen molar-refractivity contribution in [2.75, 3.05) is 26.3 Å². The number of hydrogen-bond donors (Lipinski definition) is 1. The molecule has 1 aliphatic rings. The molecular formula is C13H19NO. The van der Waals surface area contributed by atoms with Crippen molar-refractivity contribution < 1.29 is 4.74 Å². The van der Waals surface area contributed by atoms with Gasteiger partial charge in [0, 0.05) is 12.5 Å². The van der Waals surface area contributed by atoms with Crippen molar-refractivity contribution in [2.24, 2.45) is 0 Å². The van der Waals surface area contributed by atoms with E-state index in [1.54, 1.807) is 0 Å². The van der Waals surface area contributed by atoms with E-state index in [2.05, 4.69) is 36.5 Å². The number of likely N-dealkylation sites (N-methyl/N-ethyl adjacent to an activating group) is 1. The Labute approximate surface area is 91.6 Å². The summed E-state index contributed by atoms with van der Waals surface area (Å²) in [5, 5.41) is 3.25. The maximum atomic E-state index is 5.63. The van der Waals surface area contributed by atoms with Crippen molar-refractivity contribution in [2.45, 2.75) is 19.3 Å². The molecule has 1 aromatic rings. The molecule has 0 aromatic heterocycles. The second kappa shape index (κ2) is 5.29. The van der Waals surface area contributed by atoms with Gasteiger partial charge in [-0.25, -0.2) is 0 Å². The van der Waals surface area contributed by atoms with E-state index in [1.807, 2.05) is 0 Å². The maximum absolute atomic E-state index is 5.63. The first-order valence-electron chi connectivity index (χ1n) is 5.78. The minimum absolute atomic E-state index is 0.642. The van der Waals surface area contributed by atoms with Gasteiger partial charge in [0.15, 0.2) is 0 Å². The lowest BCUT2D eigenvalue weighted by atomic mass is 9.78. The second-order valence-corrected chi connectivity index (χ2v) is 4.03. The molecule has 82 valence electrons. The predicted molar refractivity (Wildman–Crippen MR) is 62.2 cm³/mol. The van der Waals surface area contributed by atoms with Crippen molar-refractivity contribution in [3.63, 3.8) is 0 Å². The Kier molecular flexibility index (Phi) is 3.75. The molecule has 0 radical (unpaired) electrons. The van der Waals surface area contributed by atoms with Gasteiger partial charge in [0.05, 0.1) is 13.2 Å². The first-order chi connectivity index (χ1) is 7.42. The van der Waals surface area contributed by atoms with Crippen LogP contribution in [0.2, 0.25) is 0 Å². The minimum Gasteiger partial charge on any atom is -0.379 e. The number of ether oxygens (including phenoxy) is 1. The summed E-state index contributed by atoms with van der Waals surface area (Å²) in [7, 11) is 0. The van der Waals surface area contributed by atoms with Crippen LogP contribution in [-0.4, -0.2) is 26.3 Å². The van der Waals surface area contributed by atoms with E-state index in [0.717, 1.165) is 26.3 Å². The fraction of sp³-hybridized carbons (Fsp3) is 0.538. The highest BCUT2D eigenvalue weighted by atomic mass is 16.5. The number of hydrogen-bond acceptors (Lipinski definition) is 2.